The summed E-state index contributed by atoms with van der Waals surface area (Å²) >= 11 is 0. The largest absolute Gasteiger partial charge is 0.394 e. The molecule has 3 N–H and O–H groups in total. The van der Waals surface area contributed by atoms with Crippen LogP contribution in [0, 0.1) is 0 Å². The molecule has 0 radical (unpaired) electrons. The van der Waals surface area contributed by atoms with Crippen LogP contribution >= 0.6 is 0 Å². The van der Waals surface area contributed by atoms with E-state index in [4.69, 9.17) is 0 Å². The summed E-state index contributed by atoms with van der Waals surface area (Å²) in [6.45, 7) is 4.32. The first-order valence-corrected chi connectivity index (χ1v) is 26.1. The number of hydrogen-bond acceptors (Lipinski definition) is 3. The van der Waals surface area contributed by atoms with Crippen LogP contribution in [0.3, 0.4) is 0 Å². The highest BCUT2D eigenvalue weighted by atomic mass is 16.3. The highest BCUT2D eigenvalue weighted by Gasteiger charge is 2.18. The molecular formula is C53H103NO3. The van der Waals surface area contributed by atoms with Crippen molar-refractivity contribution in [3.63, 3.8) is 0 Å². The molecule has 0 saturated carbocycles. The van der Waals surface area contributed by atoms with Gasteiger partial charge in [0.05, 0.1) is 18.8 Å². The number of hydrogen-bond donors (Lipinski definition) is 3. The number of carbonyl (C=O) groups excluding carboxylic acids is 1. The normalized spacial score (nSPS) is 13.0. The van der Waals surface area contributed by atoms with E-state index in [0.29, 0.717) is 6.42 Å². The van der Waals surface area contributed by atoms with Crippen molar-refractivity contribution >= 4 is 5.91 Å². The molecule has 338 valence electrons. The molecule has 0 aliphatic carbocycles. The van der Waals surface area contributed by atoms with Gasteiger partial charge in [-0.1, -0.05) is 263 Å². The fraction of sp³-hybridized carbons (Fsp3) is 0.906. The van der Waals surface area contributed by atoms with Crippen LogP contribution in [-0.4, -0.2) is 34.9 Å². The Hall–Kier alpha value is -1.13. The van der Waals surface area contributed by atoms with Crippen molar-refractivity contribution in [1.82, 2.24) is 5.32 Å². The van der Waals surface area contributed by atoms with E-state index < -0.39 is 12.1 Å². The minimum Gasteiger partial charge on any atom is -0.394 e. The second-order valence-corrected chi connectivity index (χ2v) is 17.9. The van der Waals surface area contributed by atoms with Crippen molar-refractivity contribution in [2.24, 2.45) is 0 Å². The molecule has 0 rings (SSSR count). The molecule has 2 atom stereocenters. The lowest BCUT2D eigenvalue weighted by atomic mass is 10.0. The summed E-state index contributed by atoms with van der Waals surface area (Å²) in [7, 11) is 0. The average molecular weight is 802 g/mol. The molecule has 0 aliphatic rings. The lowest BCUT2D eigenvalue weighted by Gasteiger charge is -2.20. The number of carbonyl (C=O) groups is 1. The van der Waals surface area contributed by atoms with Crippen LogP contribution in [-0.2, 0) is 4.79 Å². The standard InChI is InChI=1S/C53H103NO3/c1-3-5-7-9-11-13-15-17-19-20-21-22-23-24-25-26-27-28-29-30-31-32-33-35-36-38-40-42-44-46-48-52(56)51(50-55)54-53(57)49-47-45-43-41-39-37-34-18-16-14-12-10-8-6-4-2/h18,34,46,48,51-52,55-56H,3-17,19-33,35-45,47,49-50H2,1-2H3,(H,54,57)/b34-18-,48-46+. The molecule has 0 aliphatic heterocycles. The Morgan fingerprint density at radius 2 is 0.667 bits per heavy atom. The van der Waals surface area contributed by atoms with E-state index >= 15 is 0 Å². The Morgan fingerprint density at radius 3 is 0.965 bits per heavy atom. The molecule has 57 heavy (non-hydrogen) atoms. The zero-order valence-corrected chi connectivity index (χ0v) is 38.9. The van der Waals surface area contributed by atoms with Gasteiger partial charge in [0.2, 0.25) is 5.91 Å². The Bertz CT molecular complexity index is 825. The summed E-state index contributed by atoms with van der Waals surface area (Å²) in [5.41, 5.74) is 0. The van der Waals surface area contributed by atoms with Gasteiger partial charge < -0.3 is 15.5 Å². The summed E-state index contributed by atoms with van der Waals surface area (Å²) in [4.78, 5) is 12.4. The first kappa shape index (κ1) is 55.9. The number of amides is 1. The Labute approximate surface area is 358 Å². The molecule has 2 unspecified atom stereocenters. The number of unbranched alkanes of at least 4 members (excludes halogenated alkanes) is 39. The molecule has 4 heteroatoms. The third kappa shape index (κ3) is 45.8. The predicted molar refractivity (Wildman–Crippen MR) is 253 cm³/mol. The van der Waals surface area contributed by atoms with E-state index in [1.165, 1.54) is 238 Å². The Kier molecular flexibility index (Phi) is 48.3. The van der Waals surface area contributed by atoms with Crippen LogP contribution in [0.5, 0.6) is 0 Å². The molecule has 0 fully saturated rings. The van der Waals surface area contributed by atoms with Gasteiger partial charge in [-0.2, -0.15) is 0 Å². The van der Waals surface area contributed by atoms with Gasteiger partial charge in [-0.05, 0) is 44.9 Å². The lowest BCUT2D eigenvalue weighted by molar-refractivity contribution is -0.123. The minimum absolute atomic E-state index is 0.0696. The molecule has 0 aromatic heterocycles. The maximum Gasteiger partial charge on any atom is 0.220 e. The van der Waals surface area contributed by atoms with Crippen molar-refractivity contribution in [3.05, 3.63) is 24.3 Å². The third-order valence-corrected chi connectivity index (χ3v) is 12.2. The maximum atomic E-state index is 12.4. The molecule has 0 saturated heterocycles. The van der Waals surface area contributed by atoms with Gasteiger partial charge >= 0.3 is 0 Å². The molecule has 4 nitrogen and oxygen atoms in total. The number of aliphatic hydroxyl groups is 2. The fourth-order valence-corrected chi connectivity index (χ4v) is 8.18. The second-order valence-electron chi connectivity index (χ2n) is 17.9. The SMILES string of the molecule is CCCCCCCC/C=C\CCCCCCCC(=O)NC(CO)C(O)/C=C/CCCCCCCCCCCCCCCCCCCCCCCCCCCCCC. The second kappa shape index (κ2) is 49.2. The van der Waals surface area contributed by atoms with Gasteiger partial charge in [0, 0.05) is 6.42 Å². The zero-order chi connectivity index (χ0) is 41.4. The Balaban J connectivity index is 3.45. The summed E-state index contributed by atoms with van der Waals surface area (Å²) < 4.78 is 0. The summed E-state index contributed by atoms with van der Waals surface area (Å²) in [5.74, 6) is -0.0696. The topological polar surface area (TPSA) is 69.6 Å². The van der Waals surface area contributed by atoms with Crippen molar-refractivity contribution in [2.45, 2.75) is 302 Å². The summed E-state index contributed by atoms with van der Waals surface area (Å²) in [5, 5.41) is 23.1. The van der Waals surface area contributed by atoms with Crippen LogP contribution in [0.4, 0.5) is 0 Å². The minimum atomic E-state index is -0.841. The highest BCUT2D eigenvalue weighted by Crippen LogP contribution is 2.17. The van der Waals surface area contributed by atoms with E-state index in [2.05, 4.69) is 31.3 Å². The molecule has 0 aromatic rings. The Morgan fingerprint density at radius 1 is 0.404 bits per heavy atom. The van der Waals surface area contributed by atoms with E-state index in [1.807, 2.05) is 6.08 Å². The monoisotopic (exact) mass is 802 g/mol. The van der Waals surface area contributed by atoms with E-state index in [1.54, 1.807) is 6.08 Å². The lowest BCUT2D eigenvalue weighted by Crippen LogP contribution is -2.45. The maximum absolute atomic E-state index is 12.4. The smallest absolute Gasteiger partial charge is 0.220 e. The summed E-state index contributed by atoms with van der Waals surface area (Å²) in [6.07, 6.45) is 64.7. The molecular weight excluding hydrogens is 699 g/mol. The molecule has 0 heterocycles. The number of allylic oxidation sites excluding steroid dienone is 3. The molecule has 1 amide bonds. The van der Waals surface area contributed by atoms with Crippen LogP contribution in [0.25, 0.3) is 0 Å². The van der Waals surface area contributed by atoms with Crippen LogP contribution < -0.4 is 5.32 Å². The molecule has 0 aromatic carbocycles. The highest BCUT2D eigenvalue weighted by molar-refractivity contribution is 5.76. The number of nitrogens with one attached hydrogen (secondary N) is 1. The van der Waals surface area contributed by atoms with Crippen molar-refractivity contribution < 1.29 is 15.0 Å². The van der Waals surface area contributed by atoms with Crippen molar-refractivity contribution in [2.75, 3.05) is 6.61 Å². The van der Waals surface area contributed by atoms with E-state index in [9.17, 15) is 15.0 Å². The van der Waals surface area contributed by atoms with Crippen LogP contribution in [0.1, 0.15) is 290 Å². The molecule has 0 spiro atoms. The van der Waals surface area contributed by atoms with Gasteiger partial charge in [-0.3, -0.25) is 4.79 Å². The first-order valence-electron chi connectivity index (χ1n) is 26.1. The van der Waals surface area contributed by atoms with Gasteiger partial charge in [0.1, 0.15) is 0 Å². The van der Waals surface area contributed by atoms with Crippen LogP contribution in [0.15, 0.2) is 24.3 Å². The average Bonchev–Trinajstić information content (AvgIpc) is 3.22. The van der Waals surface area contributed by atoms with Crippen molar-refractivity contribution in [1.29, 1.82) is 0 Å². The van der Waals surface area contributed by atoms with Crippen molar-refractivity contribution in [3.8, 4) is 0 Å². The quantitative estimate of drug-likeness (QED) is 0.0424. The van der Waals surface area contributed by atoms with Gasteiger partial charge in [-0.25, -0.2) is 0 Å². The van der Waals surface area contributed by atoms with E-state index in [0.717, 1.165) is 32.1 Å². The molecule has 0 bridgehead atoms. The fourth-order valence-electron chi connectivity index (χ4n) is 8.18. The van der Waals surface area contributed by atoms with E-state index in [-0.39, 0.29) is 12.5 Å². The van der Waals surface area contributed by atoms with Gasteiger partial charge in [0.15, 0.2) is 0 Å². The summed E-state index contributed by atoms with van der Waals surface area (Å²) in [6, 6.07) is -0.625. The zero-order valence-electron chi connectivity index (χ0n) is 38.9. The number of rotatable bonds is 48. The number of aliphatic hydroxyl groups excluding tert-OH is 2. The van der Waals surface area contributed by atoms with Gasteiger partial charge in [-0.15, -0.1) is 0 Å². The van der Waals surface area contributed by atoms with Gasteiger partial charge in [0.25, 0.3) is 0 Å². The van der Waals surface area contributed by atoms with Crippen LogP contribution in [0.2, 0.25) is 0 Å². The predicted octanol–water partition coefficient (Wildman–Crippen LogP) is 16.8. The third-order valence-electron chi connectivity index (χ3n) is 12.2. The first-order chi connectivity index (χ1) is 28.2.